The highest BCUT2D eigenvalue weighted by Gasteiger charge is 2.27. The Labute approximate surface area is 81.9 Å². The van der Waals surface area contributed by atoms with Crippen molar-refractivity contribution in [2.75, 3.05) is 40.3 Å². The maximum atomic E-state index is 5.57. The molecule has 13 heavy (non-hydrogen) atoms. The van der Waals surface area contributed by atoms with Gasteiger partial charge in [0.15, 0.2) is 0 Å². The van der Waals surface area contributed by atoms with E-state index in [9.17, 15) is 0 Å². The van der Waals surface area contributed by atoms with Crippen molar-refractivity contribution in [3.8, 4) is 0 Å². The monoisotopic (exact) mass is 185 g/mol. The van der Waals surface area contributed by atoms with Gasteiger partial charge in [-0.25, -0.2) is 0 Å². The van der Waals surface area contributed by atoms with Gasteiger partial charge < -0.3 is 10.6 Å². The lowest BCUT2D eigenvalue weighted by atomic mass is 10.3. The molecule has 0 aromatic carbocycles. The summed E-state index contributed by atoms with van der Waals surface area (Å²) in [5, 5.41) is 0. The minimum Gasteiger partial charge on any atom is -0.329 e. The van der Waals surface area contributed by atoms with E-state index in [4.69, 9.17) is 5.73 Å². The molecule has 1 saturated carbocycles. The lowest BCUT2D eigenvalue weighted by molar-refractivity contribution is 0.252. The molecule has 0 aromatic rings. The first-order valence-electron chi connectivity index (χ1n) is 5.33. The molecule has 3 heteroatoms. The minimum atomic E-state index is 0.804. The molecule has 0 amide bonds. The normalized spacial score (nSPS) is 17.3. The van der Waals surface area contributed by atoms with Crippen LogP contribution < -0.4 is 5.73 Å². The van der Waals surface area contributed by atoms with Gasteiger partial charge in [0.25, 0.3) is 0 Å². The van der Waals surface area contributed by atoms with E-state index in [1.807, 2.05) is 0 Å². The molecular weight excluding hydrogens is 162 g/mol. The molecule has 0 unspecified atom stereocenters. The van der Waals surface area contributed by atoms with E-state index in [0.717, 1.165) is 19.1 Å². The van der Waals surface area contributed by atoms with Crippen molar-refractivity contribution in [3.63, 3.8) is 0 Å². The van der Waals surface area contributed by atoms with Crippen LogP contribution in [0.5, 0.6) is 0 Å². The van der Waals surface area contributed by atoms with Gasteiger partial charge in [-0.05, 0) is 46.4 Å². The van der Waals surface area contributed by atoms with Crippen LogP contribution in [0.2, 0.25) is 0 Å². The predicted octanol–water partition coefficient (Wildman–Crippen LogP) is 0.361. The third-order valence-corrected chi connectivity index (χ3v) is 2.53. The van der Waals surface area contributed by atoms with Crippen molar-refractivity contribution in [2.24, 2.45) is 5.73 Å². The van der Waals surface area contributed by atoms with Crippen LogP contribution in [-0.2, 0) is 0 Å². The van der Waals surface area contributed by atoms with Gasteiger partial charge in [0, 0.05) is 19.1 Å². The zero-order valence-electron chi connectivity index (χ0n) is 9.00. The molecule has 0 radical (unpaired) electrons. The molecule has 78 valence electrons. The maximum Gasteiger partial charge on any atom is 0.0108 e. The SMILES string of the molecule is CN(C)CCCN(CCN)C1CC1. The van der Waals surface area contributed by atoms with Crippen molar-refractivity contribution in [3.05, 3.63) is 0 Å². The molecule has 0 bridgehead atoms. The van der Waals surface area contributed by atoms with Gasteiger partial charge in [-0.1, -0.05) is 0 Å². The number of nitrogens with zero attached hydrogens (tertiary/aromatic N) is 2. The predicted molar refractivity (Wildman–Crippen MR) is 56.8 cm³/mol. The third kappa shape index (κ3) is 4.60. The Hall–Kier alpha value is -0.120. The molecule has 0 saturated heterocycles. The summed E-state index contributed by atoms with van der Waals surface area (Å²) >= 11 is 0. The van der Waals surface area contributed by atoms with Crippen LogP contribution in [0.15, 0.2) is 0 Å². The van der Waals surface area contributed by atoms with Crippen LogP contribution in [-0.4, -0.2) is 56.1 Å². The fraction of sp³-hybridized carbons (Fsp3) is 1.00. The molecule has 0 heterocycles. The first kappa shape index (κ1) is 11.0. The van der Waals surface area contributed by atoms with Crippen LogP contribution in [0.3, 0.4) is 0 Å². The zero-order valence-corrected chi connectivity index (χ0v) is 9.00. The largest absolute Gasteiger partial charge is 0.329 e. The molecule has 0 aliphatic heterocycles. The van der Waals surface area contributed by atoms with Crippen LogP contribution in [0.25, 0.3) is 0 Å². The number of rotatable bonds is 7. The fourth-order valence-electron chi connectivity index (χ4n) is 1.67. The average Bonchev–Trinajstić information content (AvgIpc) is 2.84. The van der Waals surface area contributed by atoms with Gasteiger partial charge >= 0.3 is 0 Å². The highest BCUT2D eigenvalue weighted by atomic mass is 15.2. The summed E-state index contributed by atoms with van der Waals surface area (Å²) in [6, 6.07) is 0.866. The van der Waals surface area contributed by atoms with Gasteiger partial charge in [0.2, 0.25) is 0 Å². The summed E-state index contributed by atoms with van der Waals surface area (Å²) in [4.78, 5) is 4.79. The fourth-order valence-corrected chi connectivity index (χ4v) is 1.67. The topological polar surface area (TPSA) is 32.5 Å². The second-order valence-electron chi connectivity index (χ2n) is 4.21. The second-order valence-corrected chi connectivity index (χ2v) is 4.21. The first-order chi connectivity index (χ1) is 6.24. The molecule has 1 fully saturated rings. The van der Waals surface area contributed by atoms with Crippen molar-refractivity contribution in [1.82, 2.24) is 9.80 Å². The Balaban J connectivity index is 2.07. The highest BCUT2D eigenvalue weighted by Crippen LogP contribution is 2.26. The van der Waals surface area contributed by atoms with Gasteiger partial charge in [-0.15, -0.1) is 0 Å². The Morgan fingerprint density at radius 3 is 2.31 bits per heavy atom. The van der Waals surface area contributed by atoms with Gasteiger partial charge in [0.05, 0.1) is 0 Å². The van der Waals surface area contributed by atoms with E-state index < -0.39 is 0 Å². The Morgan fingerprint density at radius 1 is 1.15 bits per heavy atom. The molecule has 1 aliphatic rings. The summed E-state index contributed by atoms with van der Waals surface area (Å²) in [6.07, 6.45) is 4.05. The lowest BCUT2D eigenvalue weighted by Gasteiger charge is -2.21. The Morgan fingerprint density at radius 2 is 1.85 bits per heavy atom. The van der Waals surface area contributed by atoms with Crippen LogP contribution >= 0.6 is 0 Å². The Bertz CT molecular complexity index is 132. The van der Waals surface area contributed by atoms with Gasteiger partial charge in [-0.3, -0.25) is 4.90 Å². The second kappa shape index (κ2) is 5.58. The summed E-state index contributed by atoms with van der Waals surface area (Å²) in [5.41, 5.74) is 5.57. The van der Waals surface area contributed by atoms with Crippen molar-refractivity contribution in [2.45, 2.75) is 25.3 Å². The minimum absolute atomic E-state index is 0.804. The van der Waals surface area contributed by atoms with E-state index in [0.29, 0.717) is 0 Å². The van der Waals surface area contributed by atoms with E-state index in [1.165, 1.54) is 32.4 Å². The summed E-state index contributed by atoms with van der Waals surface area (Å²) < 4.78 is 0. The van der Waals surface area contributed by atoms with Crippen LogP contribution in [0.4, 0.5) is 0 Å². The molecule has 0 aromatic heterocycles. The average molecular weight is 185 g/mol. The molecule has 0 atom stereocenters. The summed E-state index contributed by atoms with van der Waals surface area (Å²) in [6.45, 7) is 4.30. The van der Waals surface area contributed by atoms with E-state index >= 15 is 0 Å². The number of hydrogen-bond donors (Lipinski definition) is 1. The smallest absolute Gasteiger partial charge is 0.0108 e. The van der Waals surface area contributed by atoms with E-state index in [1.54, 1.807) is 0 Å². The number of nitrogens with two attached hydrogens (primary N) is 1. The van der Waals surface area contributed by atoms with Crippen LogP contribution in [0.1, 0.15) is 19.3 Å². The molecule has 0 spiro atoms. The lowest BCUT2D eigenvalue weighted by Crippen LogP contribution is -2.33. The maximum absolute atomic E-state index is 5.57. The quantitative estimate of drug-likeness (QED) is 0.621. The third-order valence-electron chi connectivity index (χ3n) is 2.53. The summed E-state index contributed by atoms with van der Waals surface area (Å²) in [7, 11) is 4.26. The van der Waals surface area contributed by atoms with Gasteiger partial charge in [0.1, 0.15) is 0 Å². The molecule has 1 rings (SSSR count). The van der Waals surface area contributed by atoms with Crippen molar-refractivity contribution in [1.29, 1.82) is 0 Å². The first-order valence-corrected chi connectivity index (χ1v) is 5.33. The molecular formula is C10H23N3. The van der Waals surface area contributed by atoms with E-state index in [-0.39, 0.29) is 0 Å². The van der Waals surface area contributed by atoms with Crippen molar-refractivity contribution < 1.29 is 0 Å². The van der Waals surface area contributed by atoms with Crippen molar-refractivity contribution >= 4 is 0 Å². The Kier molecular flexibility index (Phi) is 4.70. The molecule has 1 aliphatic carbocycles. The summed E-state index contributed by atoms with van der Waals surface area (Å²) in [5.74, 6) is 0. The highest BCUT2D eigenvalue weighted by molar-refractivity contribution is 4.84. The molecule has 2 N–H and O–H groups in total. The molecule has 3 nitrogen and oxygen atoms in total. The van der Waals surface area contributed by atoms with E-state index in [2.05, 4.69) is 23.9 Å². The standard InChI is InChI=1S/C10H23N3/c1-12(2)7-3-8-13(9-6-11)10-4-5-10/h10H,3-9,11H2,1-2H3. The zero-order chi connectivity index (χ0) is 9.68. The number of hydrogen-bond acceptors (Lipinski definition) is 3. The van der Waals surface area contributed by atoms with Gasteiger partial charge in [-0.2, -0.15) is 0 Å². The van der Waals surface area contributed by atoms with Crippen LogP contribution in [0, 0.1) is 0 Å².